The van der Waals surface area contributed by atoms with E-state index in [1.54, 1.807) is 0 Å². The largest absolute Gasteiger partial charge is 0.348 e. The molecule has 0 spiro atoms. The lowest BCUT2D eigenvalue weighted by Crippen LogP contribution is -2.20. The van der Waals surface area contributed by atoms with Crippen molar-refractivity contribution in [1.82, 2.24) is 5.32 Å². The molecule has 1 saturated carbocycles. The minimum absolute atomic E-state index is 0.111. The SMILES string of the molecule is C=CC(=O)NCc1ccccc1C1CC1. The smallest absolute Gasteiger partial charge is 0.243 e. The molecule has 1 aromatic carbocycles. The molecular weight excluding hydrogens is 186 g/mol. The van der Waals surface area contributed by atoms with Crippen molar-refractivity contribution in [3.63, 3.8) is 0 Å². The number of benzene rings is 1. The highest BCUT2D eigenvalue weighted by atomic mass is 16.1. The molecule has 0 aromatic heterocycles. The number of hydrogen-bond acceptors (Lipinski definition) is 1. The molecule has 0 bridgehead atoms. The highest BCUT2D eigenvalue weighted by Crippen LogP contribution is 2.41. The molecule has 0 unspecified atom stereocenters. The number of nitrogens with one attached hydrogen (secondary N) is 1. The number of carbonyl (C=O) groups excluding carboxylic acids is 1. The Morgan fingerprint density at radius 1 is 1.47 bits per heavy atom. The fourth-order valence-electron chi connectivity index (χ4n) is 1.74. The Balaban J connectivity index is 2.06. The molecule has 0 radical (unpaired) electrons. The van der Waals surface area contributed by atoms with E-state index in [-0.39, 0.29) is 5.91 Å². The second-order valence-electron chi connectivity index (χ2n) is 3.90. The predicted octanol–water partition coefficient (Wildman–Crippen LogP) is 2.37. The average Bonchev–Trinajstić information content (AvgIpc) is 3.10. The maximum absolute atomic E-state index is 11.1. The van der Waals surface area contributed by atoms with Crippen molar-refractivity contribution in [3.05, 3.63) is 48.0 Å². The molecule has 0 aliphatic heterocycles. The van der Waals surface area contributed by atoms with Crippen molar-refractivity contribution < 1.29 is 4.79 Å². The summed E-state index contributed by atoms with van der Waals surface area (Å²) in [5.74, 6) is 0.613. The molecule has 2 rings (SSSR count). The van der Waals surface area contributed by atoms with Crippen LogP contribution >= 0.6 is 0 Å². The summed E-state index contributed by atoms with van der Waals surface area (Å²) in [5, 5.41) is 2.81. The first kappa shape index (κ1) is 9.97. The highest BCUT2D eigenvalue weighted by molar-refractivity contribution is 5.86. The number of rotatable bonds is 4. The van der Waals surface area contributed by atoms with Gasteiger partial charge in [0.2, 0.25) is 5.91 Å². The maximum Gasteiger partial charge on any atom is 0.243 e. The van der Waals surface area contributed by atoms with Gasteiger partial charge >= 0.3 is 0 Å². The van der Waals surface area contributed by atoms with E-state index >= 15 is 0 Å². The lowest BCUT2D eigenvalue weighted by Gasteiger charge is -2.08. The minimum atomic E-state index is -0.111. The second kappa shape index (κ2) is 4.30. The molecule has 2 nitrogen and oxygen atoms in total. The molecule has 1 fully saturated rings. The third-order valence-corrected chi connectivity index (χ3v) is 2.71. The van der Waals surface area contributed by atoms with Crippen LogP contribution in [0.4, 0.5) is 0 Å². The number of carbonyl (C=O) groups is 1. The van der Waals surface area contributed by atoms with Gasteiger partial charge in [0.25, 0.3) is 0 Å². The first-order valence-corrected chi connectivity index (χ1v) is 5.29. The van der Waals surface area contributed by atoms with E-state index in [1.807, 2.05) is 6.07 Å². The van der Waals surface area contributed by atoms with E-state index in [1.165, 1.54) is 30.0 Å². The van der Waals surface area contributed by atoms with Crippen molar-refractivity contribution in [2.75, 3.05) is 0 Å². The normalized spacial score (nSPS) is 14.7. The van der Waals surface area contributed by atoms with Gasteiger partial charge in [-0.3, -0.25) is 4.79 Å². The Kier molecular flexibility index (Phi) is 2.86. The third kappa shape index (κ3) is 2.46. The van der Waals surface area contributed by atoms with Crippen LogP contribution in [-0.4, -0.2) is 5.91 Å². The second-order valence-corrected chi connectivity index (χ2v) is 3.90. The first-order valence-electron chi connectivity index (χ1n) is 5.29. The minimum Gasteiger partial charge on any atom is -0.348 e. The van der Waals surface area contributed by atoms with Gasteiger partial charge in [-0.15, -0.1) is 0 Å². The van der Waals surface area contributed by atoms with Gasteiger partial charge in [-0.1, -0.05) is 30.8 Å². The van der Waals surface area contributed by atoms with E-state index in [0.29, 0.717) is 6.54 Å². The van der Waals surface area contributed by atoms with Crippen molar-refractivity contribution in [3.8, 4) is 0 Å². The van der Waals surface area contributed by atoms with Crippen molar-refractivity contribution in [2.45, 2.75) is 25.3 Å². The average molecular weight is 201 g/mol. The summed E-state index contributed by atoms with van der Waals surface area (Å²) in [7, 11) is 0. The quantitative estimate of drug-likeness (QED) is 0.744. The molecule has 1 aliphatic rings. The van der Waals surface area contributed by atoms with Gasteiger partial charge < -0.3 is 5.32 Å². The summed E-state index contributed by atoms with van der Waals surface area (Å²) in [6.07, 6.45) is 3.87. The number of hydrogen-bond donors (Lipinski definition) is 1. The molecule has 78 valence electrons. The highest BCUT2D eigenvalue weighted by Gasteiger charge is 2.25. The molecule has 1 amide bonds. The van der Waals surface area contributed by atoms with Gasteiger partial charge in [-0.2, -0.15) is 0 Å². The molecule has 1 aliphatic carbocycles. The summed E-state index contributed by atoms with van der Waals surface area (Å²) >= 11 is 0. The van der Waals surface area contributed by atoms with Gasteiger partial charge in [0.1, 0.15) is 0 Å². The van der Waals surface area contributed by atoms with Crippen LogP contribution in [-0.2, 0) is 11.3 Å². The lowest BCUT2D eigenvalue weighted by atomic mass is 10.0. The molecule has 0 heterocycles. The molecular formula is C13H15NO. The zero-order valence-electron chi connectivity index (χ0n) is 8.70. The third-order valence-electron chi connectivity index (χ3n) is 2.71. The molecule has 15 heavy (non-hydrogen) atoms. The van der Waals surface area contributed by atoms with Crippen LogP contribution in [0, 0.1) is 0 Å². The number of amides is 1. The van der Waals surface area contributed by atoms with Gasteiger partial charge in [0.15, 0.2) is 0 Å². The van der Waals surface area contributed by atoms with E-state index < -0.39 is 0 Å². The summed E-state index contributed by atoms with van der Waals surface area (Å²) < 4.78 is 0. The summed E-state index contributed by atoms with van der Waals surface area (Å²) in [6.45, 7) is 4.04. The van der Waals surface area contributed by atoms with Crippen molar-refractivity contribution >= 4 is 5.91 Å². The Morgan fingerprint density at radius 2 is 2.20 bits per heavy atom. The van der Waals surface area contributed by atoms with Gasteiger partial charge in [0, 0.05) is 6.54 Å². The van der Waals surface area contributed by atoms with Crippen LogP contribution in [0.3, 0.4) is 0 Å². The lowest BCUT2D eigenvalue weighted by molar-refractivity contribution is -0.116. The Hall–Kier alpha value is -1.57. The van der Waals surface area contributed by atoms with E-state index in [2.05, 4.69) is 30.1 Å². The molecule has 2 heteroatoms. The topological polar surface area (TPSA) is 29.1 Å². The zero-order chi connectivity index (χ0) is 10.7. The van der Waals surface area contributed by atoms with Crippen LogP contribution in [0.15, 0.2) is 36.9 Å². The van der Waals surface area contributed by atoms with Crippen LogP contribution in [0.2, 0.25) is 0 Å². The monoisotopic (exact) mass is 201 g/mol. The standard InChI is InChI=1S/C13H15NO/c1-2-13(15)14-9-11-5-3-4-6-12(11)10-7-8-10/h2-6,10H,1,7-9H2,(H,14,15). The summed E-state index contributed by atoms with van der Waals surface area (Å²) in [5.41, 5.74) is 2.62. The van der Waals surface area contributed by atoms with Crippen LogP contribution in [0.1, 0.15) is 29.9 Å². The molecule has 0 atom stereocenters. The fourth-order valence-corrected chi connectivity index (χ4v) is 1.74. The van der Waals surface area contributed by atoms with E-state index in [4.69, 9.17) is 0 Å². The van der Waals surface area contributed by atoms with Gasteiger partial charge in [-0.25, -0.2) is 0 Å². The van der Waals surface area contributed by atoms with E-state index in [9.17, 15) is 4.79 Å². The zero-order valence-corrected chi connectivity index (χ0v) is 8.70. The first-order chi connectivity index (χ1) is 7.31. The van der Waals surface area contributed by atoms with E-state index in [0.717, 1.165) is 5.92 Å². The Bertz CT molecular complexity index is 380. The van der Waals surface area contributed by atoms with Crippen molar-refractivity contribution in [1.29, 1.82) is 0 Å². The predicted molar refractivity (Wildman–Crippen MR) is 60.5 cm³/mol. The molecule has 1 N–H and O–H groups in total. The van der Waals surface area contributed by atoms with Crippen molar-refractivity contribution in [2.24, 2.45) is 0 Å². The van der Waals surface area contributed by atoms with Crippen LogP contribution in [0.25, 0.3) is 0 Å². The van der Waals surface area contributed by atoms with Gasteiger partial charge in [0.05, 0.1) is 0 Å². The van der Waals surface area contributed by atoms with Crippen LogP contribution < -0.4 is 5.32 Å². The molecule has 1 aromatic rings. The maximum atomic E-state index is 11.1. The molecule has 0 saturated heterocycles. The van der Waals surface area contributed by atoms with Crippen LogP contribution in [0.5, 0.6) is 0 Å². The summed E-state index contributed by atoms with van der Waals surface area (Å²) in [6, 6.07) is 8.32. The van der Waals surface area contributed by atoms with Gasteiger partial charge in [-0.05, 0) is 36.0 Å². The Labute approximate surface area is 90.0 Å². The Morgan fingerprint density at radius 3 is 2.87 bits per heavy atom. The summed E-state index contributed by atoms with van der Waals surface area (Å²) in [4.78, 5) is 11.1. The fraction of sp³-hybridized carbons (Fsp3) is 0.308.